The summed E-state index contributed by atoms with van der Waals surface area (Å²) in [6.45, 7) is 7.77. The highest BCUT2D eigenvalue weighted by Gasteiger charge is 2.22. The molecule has 2 atom stereocenters. The molecule has 1 amide bonds. The fraction of sp³-hybridized carbons (Fsp3) is 0.409. The molecule has 1 aliphatic heterocycles. The van der Waals surface area contributed by atoms with E-state index in [1.807, 2.05) is 0 Å². The zero-order chi connectivity index (χ0) is 21.7. The van der Waals surface area contributed by atoms with Crippen molar-refractivity contribution in [2.45, 2.75) is 25.2 Å². The van der Waals surface area contributed by atoms with Crippen LogP contribution in [0.15, 0.2) is 53.4 Å². The molecule has 2 aromatic carbocycles. The van der Waals surface area contributed by atoms with E-state index in [1.165, 1.54) is 48.9 Å². The second-order valence-corrected chi connectivity index (χ2v) is 9.76. The summed E-state index contributed by atoms with van der Waals surface area (Å²) in [5, 5.41) is 2.86. The van der Waals surface area contributed by atoms with Crippen LogP contribution in [-0.4, -0.2) is 45.4 Å². The molecule has 1 fully saturated rings. The highest BCUT2D eigenvalue weighted by Crippen LogP contribution is 2.21. The van der Waals surface area contributed by atoms with Crippen LogP contribution >= 0.6 is 0 Å². The molecule has 2 unspecified atom stereocenters. The minimum atomic E-state index is -4.02. The molecule has 8 heteroatoms. The number of halogens is 1. The van der Waals surface area contributed by atoms with Gasteiger partial charge in [0.15, 0.2) is 0 Å². The van der Waals surface area contributed by atoms with Crippen molar-refractivity contribution in [1.82, 2.24) is 10.2 Å². The number of amides is 1. The molecule has 0 radical (unpaired) electrons. The van der Waals surface area contributed by atoms with E-state index < -0.39 is 15.8 Å². The Morgan fingerprint density at radius 2 is 1.80 bits per heavy atom. The molecule has 1 aliphatic rings. The van der Waals surface area contributed by atoms with Crippen molar-refractivity contribution in [3.8, 4) is 0 Å². The Balaban J connectivity index is 1.61. The monoisotopic (exact) mass is 433 g/mol. The van der Waals surface area contributed by atoms with Crippen molar-refractivity contribution >= 4 is 21.6 Å². The number of carbonyl (C=O) groups is 1. The quantitative estimate of drug-likeness (QED) is 0.702. The molecule has 0 saturated carbocycles. The maximum absolute atomic E-state index is 13.8. The molecule has 1 heterocycles. The van der Waals surface area contributed by atoms with Crippen molar-refractivity contribution in [2.24, 2.45) is 11.8 Å². The van der Waals surface area contributed by atoms with Crippen LogP contribution in [0, 0.1) is 17.7 Å². The average Bonchev–Trinajstić information content (AvgIpc) is 2.69. The lowest BCUT2D eigenvalue weighted by Gasteiger charge is -2.34. The second kappa shape index (κ2) is 9.57. The van der Waals surface area contributed by atoms with Crippen molar-refractivity contribution < 1.29 is 17.6 Å². The minimum Gasteiger partial charge on any atom is -0.351 e. The van der Waals surface area contributed by atoms with Crippen LogP contribution in [0.1, 0.15) is 30.6 Å². The Labute approximate surface area is 177 Å². The molecule has 0 bridgehead atoms. The minimum absolute atomic E-state index is 0.0999. The predicted molar refractivity (Wildman–Crippen MR) is 115 cm³/mol. The van der Waals surface area contributed by atoms with Crippen LogP contribution < -0.4 is 10.0 Å². The van der Waals surface area contributed by atoms with Gasteiger partial charge in [-0.15, -0.1) is 0 Å². The summed E-state index contributed by atoms with van der Waals surface area (Å²) >= 11 is 0. The van der Waals surface area contributed by atoms with Crippen molar-refractivity contribution in [3.63, 3.8) is 0 Å². The molecule has 3 rings (SSSR count). The third-order valence-electron chi connectivity index (χ3n) is 5.18. The number of sulfonamides is 1. The van der Waals surface area contributed by atoms with Crippen LogP contribution in [0.2, 0.25) is 0 Å². The van der Waals surface area contributed by atoms with Gasteiger partial charge in [-0.25, -0.2) is 12.8 Å². The molecule has 2 aromatic rings. The molecule has 30 heavy (non-hydrogen) atoms. The van der Waals surface area contributed by atoms with E-state index in [9.17, 15) is 17.6 Å². The van der Waals surface area contributed by atoms with Gasteiger partial charge in [-0.2, -0.15) is 0 Å². The van der Waals surface area contributed by atoms with Gasteiger partial charge in [0.1, 0.15) is 5.82 Å². The standard InChI is InChI=1S/C22H28FN3O3S/c1-16-12-17(2)15-26(14-16)11-10-24-22(27)18-6-5-7-19(13-18)30(28,29)25-21-9-4-3-8-20(21)23/h3-9,13,16-17,25H,10-12,14-15H2,1-2H3,(H,24,27). The van der Waals surface area contributed by atoms with E-state index in [-0.39, 0.29) is 22.1 Å². The Kier molecular flexibility index (Phi) is 7.10. The first-order chi connectivity index (χ1) is 14.2. The number of rotatable bonds is 7. The molecule has 0 aliphatic carbocycles. The van der Waals surface area contributed by atoms with Gasteiger partial charge >= 0.3 is 0 Å². The maximum Gasteiger partial charge on any atom is 0.262 e. The third-order valence-corrected chi connectivity index (χ3v) is 6.55. The zero-order valence-corrected chi connectivity index (χ0v) is 18.1. The average molecular weight is 434 g/mol. The summed E-state index contributed by atoms with van der Waals surface area (Å²) < 4.78 is 41.2. The number of piperidine rings is 1. The molecule has 0 aromatic heterocycles. The zero-order valence-electron chi connectivity index (χ0n) is 17.3. The van der Waals surface area contributed by atoms with Gasteiger partial charge in [0, 0.05) is 31.7 Å². The number of nitrogens with zero attached hydrogens (tertiary/aromatic N) is 1. The van der Waals surface area contributed by atoms with Gasteiger partial charge < -0.3 is 10.2 Å². The largest absolute Gasteiger partial charge is 0.351 e. The number of anilines is 1. The molecular weight excluding hydrogens is 405 g/mol. The van der Waals surface area contributed by atoms with Crippen LogP contribution in [0.4, 0.5) is 10.1 Å². The molecule has 2 N–H and O–H groups in total. The summed E-state index contributed by atoms with van der Waals surface area (Å²) in [6, 6.07) is 11.2. The van der Waals surface area contributed by atoms with Gasteiger partial charge in [-0.3, -0.25) is 9.52 Å². The Morgan fingerprint density at radius 1 is 1.10 bits per heavy atom. The number of para-hydroxylation sites is 1. The highest BCUT2D eigenvalue weighted by molar-refractivity contribution is 7.92. The van der Waals surface area contributed by atoms with Gasteiger partial charge in [0.05, 0.1) is 10.6 Å². The summed E-state index contributed by atoms with van der Waals surface area (Å²) in [4.78, 5) is 14.7. The molecule has 1 saturated heterocycles. The first-order valence-electron chi connectivity index (χ1n) is 10.1. The fourth-order valence-electron chi connectivity index (χ4n) is 3.96. The van der Waals surface area contributed by atoms with Gasteiger partial charge in [0.2, 0.25) is 0 Å². The number of carbonyl (C=O) groups excluding carboxylic acids is 1. The van der Waals surface area contributed by atoms with E-state index >= 15 is 0 Å². The number of hydrogen-bond donors (Lipinski definition) is 2. The third kappa shape index (κ3) is 5.79. The first kappa shape index (κ1) is 22.2. The van der Waals surface area contributed by atoms with Crippen molar-refractivity contribution in [2.75, 3.05) is 30.9 Å². The highest BCUT2D eigenvalue weighted by atomic mass is 32.2. The van der Waals surface area contributed by atoms with Crippen LogP contribution in [0.25, 0.3) is 0 Å². The molecule has 6 nitrogen and oxygen atoms in total. The van der Waals surface area contributed by atoms with Gasteiger partial charge in [-0.1, -0.05) is 32.0 Å². The number of hydrogen-bond acceptors (Lipinski definition) is 4. The summed E-state index contributed by atoms with van der Waals surface area (Å²) in [6.07, 6.45) is 1.23. The summed E-state index contributed by atoms with van der Waals surface area (Å²) in [7, 11) is -4.02. The number of benzene rings is 2. The Bertz CT molecular complexity index is 987. The lowest BCUT2D eigenvalue weighted by molar-refractivity contribution is 0.0936. The van der Waals surface area contributed by atoms with E-state index in [0.29, 0.717) is 18.4 Å². The molecule has 162 valence electrons. The van der Waals surface area contributed by atoms with Crippen LogP contribution in [-0.2, 0) is 10.0 Å². The van der Waals surface area contributed by atoms with E-state index in [1.54, 1.807) is 6.07 Å². The van der Waals surface area contributed by atoms with E-state index in [4.69, 9.17) is 0 Å². The first-order valence-corrected chi connectivity index (χ1v) is 11.6. The number of nitrogens with one attached hydrogen (secondary N) is 2. The topological polar surface area (TPSA) is 78.5 Å². The lowest BCUT2D eigenvalue weighted by Crippen LogP contribution is -2.42. The smallest absolute Gasteiger partial charge is 0.262 e. The lowest BCUT2D eigenvalue weighted by atomic mass is 9.92. The van der Waals surface area contributed by atoms with Crippen molar-refractivity contribution in [1.29, 1.82) is 0 Å². The van der Waals surface area contributed by atoms with E-state index in [0.717, 1.165) is 19.6 Å². The Morgan fingerprint density at radius 3 is 2.50 bits per heavy atom. The summed E-state index contributed by atoms with van der Waals surface area (Å²) in [5.74, 6) is 0.286. The van der Waals surface area contributed by atoms with E-state index in [2.05, 4.69) is 28.8 Å². The molecule has 0 spiro atoms. The Hall–Kier alpha value is -2.45. The number of likely N-dealkylation sites (tertiary alicyclic amines) is 1. The van der Waals surface area contributed by atoms with Gasteiger partial charge in [0.25, 0.3) is 15.9 Å². The van der Waals surface area contributed by atoms with Crippen LogP contribution in [0.3, 0.4) is 0 Å². The molecular formula is C22H28FN3O3S. The van der Waals surface area contributed by atoms with Crippen molar-refractivity contribution in [3.05, 3.63) is 59.9 Å². The normalized spacial score (nSPS) is 20.0. The summed E-state index contributed by atoms with van der Waals surface area (Å²) in [5.41, 5.74) is 0.101. The fourth-order valence-corrected chi connectivity index (χ4v) is 5.07. The van der Waals surface area contributed by atoms with Crippen LogP contribution in [0.5, 0.6) is 0 Å². The predicted octanol–water partition coefficient (Wildman–Crippen LogP) is 3.33. The SMILES string of the molecule is CC1CC(C)CN(CCNC(=O)c2cccc(S(=O)(=O)Nc3ccccc3F)c2)C1. The maximum atomic E-state index is 13.8. The second-order valence-electron chi connectivity index (χ2n) is 8.07. The van der Waals surface area contributed by atoms with Gasteiger partial charge in [-0.05, 0) is 48.6 Å².